The van der Waals surface area contributed by atoms with Crippen LogP contribution in [-0.4, -0.2) is 28.5 Å². The van der Waals surface area contributed by atoms with Crippen LogP contribution in [0.3, 0.4) is 0 Å². The molecule has 5 rings (SSSR count). The lowest BCUT2D eigenvalue weighted by atomic mass is 10.1. The van der Waals surface area contributed by atoms with Gasteiger partial charge >= 0.3 is 6.03 Å². The molecule has 3 amide bonds. The lowest BCUT2D eigenvalue weighted by Crippen LogP contribution is -2.49. The van der Waals surface area contributed by atoms with Crippen molar-refractivity contribution in [2.24, 2.45) is 0 Å². The average molecular weight is 534 g/mol. The predicted octanol–water partition coefficient (Wildman–Crippen LogP) is 7.47. The molecule has 0 fully saturated rings. The van der Waals surface area contributed by atoms with Gasteiger partial charge in [0.25, 0.3) is 0 Å². The van der Waals surface area contributed by atoms with Crippen LogP contribution >= 0.6 is 35.1 Å². The van der Waals surface area contributed by atoms with Crippen molar-refractivity contribution < 1.29 is 9.59 Å². The van der Waals surface area contributed by atoms with Gasteiger partial charge in [0, 0.05) is 26.2 Å². The van der Waals surface area contributed by atoms with E-state index < -0.39 is 0 Å². The van der Waals surface area contributed by atoms with Gasteiger partial charge in [0.1, 0.15) is 0 Å². The maximum absolute atomic E-state index is 13.5. The maximum Gasteiger partial charge on any atom is 0.326 e. The molecule has 0 saturated heterocycles. The Morgan fingerprint density at radius 3 is 2.56 bits per heavy atom. The average Bonchev–Trinajstić information content (AvgIpc) is 2.88. The molecule has 0 saturated carbocycles. The zero-order valence-electron chi connectivity index (χ0n) is 19.4. The molecule has 3 aromatic carbocycles. The molecule has 8 heteroatoms. The third-order valence-corrected chi connectivity index (χ3v) is 8.49. The molecule has 1 aliphatic carbocycles. The Morgan fingerprint density at radius 2 is 1.72 bits per heavy atom. The molecule has 5 nitrogen and oxygen atoms in total. The van der Waals surface area contributed by atoms with Gasteiger partial charge in [-0.25, -0.2) is 4.79 Å². The fourth-order valence-corrected chi connectivity index (χ4v) is 6.40. The Morgan fingerprint density at radius 1 is 0.944 bits per heavy atom. The number of hydrogen-bond acceptors (Lipinski definition) is 4. The SMILES string of the molecule is CC(Sc1cccc(NC(=O)N2c3ccccc3SC3C=CC=CC32)c1)C(=O)Nc1ccc(Cl)cc1. The van der Waals surface area contributed by atoms with Crippen LogP contribution < -0.4 is 15.5 Å². The Kier molecular flexibility index (Phi) is 7.41. The minimum Gasteiger partial charge on any atom is -0.325 e. The second-order valence-corrected chi connectivity index (χ2v) is 11.5. The fraction of sp³-hybridized carbons (Fsp3) is 0.143. The summed E-state index contributed by atoms with van der Waals surface area (Å²) in [5.74, 6) is -0.109. The number of urea groups is 1. The van der Waals surface area contributed by atoms with Crippen LogP contribution in [0.4, 0.5) is 21.9 Å². The zero-order valence-corrected chi connectivity index (χ0v) is 21.8. The van der Waals surface area contributed by atoms with Gasteiger partial charge in [-0.1, -0.05) is 54.1 Å². The predicted molar refractivity (Wildman–Crippen MR) is 151 cm³/mol. The number of halogens is 1. The van der Waals surface area contributed by atoms with Crippen LogP contribution in [0.2, 0.25) is 5.02 Å². The molecule has 1 heterocycles. The topological polar surface area (TPSA) is 61.4 Å². The van der Waals surface area contributed by atoms with E-state index in [4.69, 9.17) is 11.6 Å². The van der Waals surface area contributed by atoms with Gasteiger partial charge in [0.05, 0.1) is 22.2 Å². The summed E-state index contributed by atoms with van der Waals surface area (Å²) in [6.45, 7) is 1.85. The third kappa shape index (κ3) is 5.48. The fourth-order valence-electron chi connectivity index (χ4n) is 4.09. The van der Waals surface area contributed by atoms with E-state index in [2.05, 4.69) is 28.9 Å². The smallest absolute Gasteiger partial charge is 0.325 e. The minimum absolute atomic E-state index is 0.0657. The molecule has 3 aromatic rings. The van der Waals surface area contributed by atoms with E-state index in [1.807, 2.05) is 66.4 Å². The Hall–Kier alpha value is -3.13. The van der Waals surface area contributed by atoms with E-state index in [1.54, 1.807) is 36.0 Å². The normalized spacial score (nSPS) is 18.7. The van der Waals surface area contributed by atoms with Gasteiger partial charge in [-0.3, -0.25) is 9.69 Å². The Bertz CT molecular complexity index is 1340. The number of thioether (sulfide) groups is 2. The zero-order chi connectivity index (χ0) is 25.1. The summed E-state index contributed by atoms with van der Waals surface area (Å²) in [5.41, 5.74) is 2.28. The number of hydrogen-bond donors (Lipinski definition) is 2. The van der Waals surface area contributed by atoms with E-state index in [0.29, 0.717) is 16.4 Å². The molecule has 0 bridgehead atoms. The number of para-hydroxylation sites is 1. The molecule has 0 radical (unpaired) electrons. The second kappa shape index (κ2) is 10.9. The highest BCUT2D eigenvalue weighted by atomic mass is 35.5. The number of nitrogens with one attached hydrogen (secondary N) is 2. The molecule has 0 spiro atoms. The molecule has 1 aliphatic heterocycles. The van der Waals surface area contributed by atoms with Crippen molar-refractivity contribution in [3.8, 4) is 0 Å². The lowest BCUT2D eigenvalue weighted by Gasteiger charge is -2.40. The van der Waals surface area contributed by atoms with Gasteiger partial charge in [-0.05, 0) is 61.5 Å². The van der Waals surface area contributed by atoms with Crippen molar-refractivity contribution in [2.45, 2.75) is 33.3 Å². The summed E-state index contributed by atoms with van der Waals surface area (Å²) in [6.07, 6.45) is 8.23. The molecule has 0 aromatic heterocycles. The molecule has 36 heavy (non-hydrogen) atoms. The molecule has 2 N–H and O–H groups in total. The van der Waals surface area contributed by atoms with E-state index in [1.165, 1.54) is 11.8 Å². The highest BCUT2D eigenvalue weighted by Gasteiger charge is 2.36. The second-order valence-electron chi connectivity index (χ2n) is 8.39. The molecule has 3 unspecified atom stereocenters. The summed E-state index contributed by atoms with van der Waals surface area (Å²) in [5, 5.41) is 6.42. The number of fused-ring (bicyclic) bond motifs is 2. The summed E-state index contributed by atoms with van der Waals surface area (Å²) in [7, 11) is 0. The van der Waals surface area contributed by atoms with Crippen molar-refractivity contribution in [1.29, 1.82) is 0 Å². The van der Waals surface area contributed by atoms with E-state index in [9.17, 15) is 9.59 Å². The molecule has 182 valence electrons. The number of nitrogens with zero attached hydrogens (tertiary/aromatic N) is 1. The minimum atomic E-state index is -0.336. The van der Waals surface area contributed by atoms with Gasteiger partial charge in [0.15, 0.2) is 0 Å². The lowest BCUT2D eigenvalue weighted by molar-refractivity contribution is -0.115. The number of rotatable bonds is 5. The number of anilines is 3. The molecular formula is C28H24ClN3O2S2. The van der Waals surface area contributed by atoms with E-state index >= 15 is 0 Å². The third-order valence-electron chi connectivity index (χ3n) is 5.84. The van der Waals surface area contributed by atoms with E-state index in [0.717, 1.165) is 15.5 Å². The van der Waals surface area contributed by atoms with Crippen LogP contribution in [0, 0.1) is 0 Å². The number of amides is 3. The first kappa shape index (κ1) is 24.6. The van der Waals surface area contributed by atoms with Crippen molar-refractivity contribution in [3.63, 3.8) is 0 Å². The first-order valence-corrected chi connectivity index (χ1v) is 13.7. The Labute approximate surface area is 224 Å². The standard InChI is InChI=1S/C28H24ClN3O2S2/c1-18(27(33)30-20-15-13-19(29)14-16-20)35-22-8-6-7-21(17-22)31-28(34)32-23-9-2-4-11-25(23)36-26-12-5-3-10-24(26)32/h2-18,23,25H,1H3,(H,30,33)(H,31,34). The molecule has 3 atom stereocenters. The molecular weight excluding hydrogens is 510 g/mol. The number of allylic oxidation sites excluding steroid dienone is 2. The van der Waals surface area contributed by atoms with Crippen molar-refractivity contribution in [3.05, 3.63) is 102 Å². The van der Waals surface area contributed by atoms with Crippen LogP contribution in [0.25, 0.3) is 0 Å². The monoisotopic (exact) mass is 533 g/mol. The first-order chi connectivity index (χ1) is 17.5. The first-order valence-electron chi connectivity index (χ1n) is 11.5. The van der Waals surface area contributed by atoms with Gasteiger partial charge in [-0.2, -0.15) is 0 Å². The highest BCUT2D eigenvalue weighted by molar-refractivity contribution is 8.00. The number of benzene rings is 3. The van der Waals surface area contributed by atoms with Crippen LogP contribution in [0.1, 0.15) is 6.92 Å². The summed E-state index contributed by atoms with van der Waals surface area (Å²) >= 11 is 9.13. The molecule has 2 aliphatic rings. The van der Waals surface area contributed by atoms with Crippen LogP contribution in [0.15, 0.2) is 107 Å². The van der Waals surface area contributed by atoms with Crippen LogP contribution in [-0.2, 0) is 4.79 Å². The number of carbonyl (C=O) groups is 2. The maximum atomic E-state index is 13.5. The summed E-state index contributed by atoms with van der Waals surface area (Å²) < 4.78 is 0. The van der Waals surface area contributed by atoms with E-state index in [-0.39, 0.29) is 28.5 Å². The largest absolute Gasteiger partial charge is 0.326 e. The van der Waals surface area contributed by atoms with Crippen LogP contribution in [0.5, 0.6) is 0 Å². The van der Waals surface area contributed by atoms with Crippen molar-refractivity contribution in [1.82, 2.24) is 0 Å². The summed E-state index contributed by atoms with van der Waals surface area (Å²) in [4.78, 5) is 30.0. The quantitative estimate of drug-likeness (QED) is 0.334. The van der Waals surface area contributed by atoms with Crippen molar-refractivity contribution in [2.75, 3.05) is 15.5 Å². The summed E-state index contributed by atoms with van der Waals surface area (Å²) in [6, 6.07) is 22.3. The van der Waals surface area contributed by atoms with Gasteiger partial charge in [0.2, 0.25) is 5.91 Å². The van der Waals surface area contributed by atoms with Gasteiger partial charge in [-0.15, -0.1) is 23.5 Å². The van der Waals surface area contributed by atoms with Crippen molar-refractivity contribution >= 4 is 64.1 Å². The highest BCUT2D eigenvalue weighted by Crippen LogP contribution is 2.43. The number of carbonyl (C=O) groups excluding carboxylic acids is 2. The Balaban J connectivity index is 1.28. The van der Waals surface area contributed by atoms with Gasteiger partial charge < -0.3 is 10.6 Å².